The molecule has 1 aliphatic rings. The molecule has 208 valence electrons. The third kappa shape index (κ3) is 7.15. The third-order valence-corrected chi connectivity index (χ3v) is 9.11. The van der Waals surface area contributed by atoms with Crippen molar-refractivity contribution in [1.29, 1.82) is 0 Å². The molecule has 0 aromatic heterocycles. The molecule has 0 heterocycles. The van der Waals surface area contributed by atoms with E-state index in [0.29, 0.717) is 12.1 Å². The summed E-state index contributed by atoms with van der Waals surface area (Å²) in [7, 11) is 4.31. The average molecular weight is 548 g/mol. The largest absolute Gasteiger partial charge is 0.352 e. The van der Waals surface area contributed by atoms with Crippen LogP contribution in [0, 0.1) is 13.8 Å². The van der Waals surface area contributed by atoms with Crippen LogP contribution in [0.5, 0.6) is 0 Å². The number of nitrogens with one attached hydrogen (secondary N) is 1. The van der Waals surface area contributed by atoms with Crippen molar-refractivity contribution in [2.45, 2.75) is 70.0 Å². The summed E-state index contributed by atoms with van der Waals surface area (Å²) < 4.78 is 24.3. The van der Waals surface area contributed by atoms with Gasteiger partial charge < -0.3 is 10.2 Å². The van der Waals surface area contributed by atoms with Gasteiger partial charge in [0.25, 0.3) is 11.3 Å². The Bertz CT molecular complexity index is 1260. The van der Waals surface area contributed by atoms with Gasteiger partial charge in [-0.2, -0.15) is 0 Å². The summed E-state index contributed by atoms with van der Waals surface area (Å²) in [6, 6.07) is 24.8. The third-order valence-electron chi connectivity index (χ3n) is 8.31. The van der Waals surface area contributed by atoms with E-state index in [0.717, 1.165) is 43.2 Å². The highest BCUT2D eigenvalue weighted by molar-refractivity contribution is 7.80. The molecule has 1 amide bonds. The molecule has 0 aliphatic heterocycles. The van der Waals surface area contributed by atoms with E-state index in [1.165, 1.54) is 15.4 Å². The number of hydrogen-bond acceptors (Lipinski definition) is 3. The molecule has 1 saturated carbocycles. The van der Waals surface area contributed by atoms with Crippen molar-refractivity contribution in [1.82, 2.24) is 10.2 Å². The maximum absolute atomic E-state index is 13.8. The van der Waals surface area contributed by atoms with Gasteiger partial charge in [0.2, 0.25) is 5.91 Å². The highest BCUT2D eigenvalue weighted by Crippen LogP contribution is 2.36. The molecule has 2 unspecified atom stereocenters. The Labute approximate surface area is 235 Å². The number of benzene rings is 3. The number of carbonyl (C=O) groups is 1. The van der Waals surface area contributed by atoms with Crippen LogP contribution in [0.2, 0.25) is 0 Å². The zero-order valence-electron chi connectivity index (χ0n) is 23.5. The van der Waals surface area contributed by atoms with Crippen LogP contribution in [0.1, 0.15) is 47.9 Å². The first-order valence-corrected chi connectivity index (χ1v) is 14.8. The lowest BCUT2D eigenvalue weighted by Gasteiger charge is -2.46. The van der Waals surface area contributed by atoms with Gasteiger partial charge in [0, 0.05) is 18.0 Å². The van der Waals surface area contributed by atoms with Gasteiger partial charge in [-0.15, -0.1) is 0 Å². The number of likely N-dealkylation sites (N-methyl/N-ethyl adjacent to an activating group) is 1. The average Bonchev–Trinajstić information content (AvgIpc) is 2.92. The molecule has 3 aromatic rings. The molecular formula is C32H41N3O3S. The molecule has 39 heavy (non-hydrogen) atoms. The van der Waals surface area contributed by atoms with Crippen molar-refractivity contribution in [3.05, 3.63) is 101 Å². The van der Waals surface area contributed by atoms with Crippen LogP contribution in [-0.4, -0.2) is 51.3 Å². The summed E-state index contributed by atoms with van der Waals surface area (Å²) in [6.45, 7) is 4.14. The van der Waals surface area contributed by atoms with Crippen LogP contribution in [0.25, 0.3) is 0 Å². The zero-order chi connectivity index (χ0) is 28.0. The Morgan fingerprint density at radius 3 is 2.18 bits per heavy atom. The van der Waals surface area contributed by atoms with Crippen LogP contribution < -0.4 is 9.62 Å². The lowest BCUT2D eigenvalue weighted by molar-refractivity contribution is -0.123. The van der Waals surface area contributed by atoms with Crippen LogP contribution in [0.3, 0.4) is 0 Å². The Kier molecular flexibility index (Phi) is 9.59. The van der Waals surface area contributed by atoms with Crippen molar-refractivity contribution < 1.29 is 13.6 Å². The molecule has 3 aromatic carbocycles. The first kappa shape index (κ1) is 29.0. The van der Waals surface area contributed by atoms with E-state index in [2.05, 4.69) is 55.5 Å². The second kappa shape index (κ2) is 12.9. The highest BCUT2D eigenvalue weighted by atomic mass is 32.2. The van der Waals surface area contributed by atoms with Gasteiger partial charge in [-0.1, -0.05) is 72.3 Å². The topological polar surface area (TPSA) is 72.9 Å². The maximum Gasteiger partial charge on any atom is 0.262 e. The molecule has 0 radical (unpaired) electrons. The molecule has 6 nitrogen and oxygen atoms in total. The number of nitrogens with zero attached hydrogens (tertiary/aromatic N) is 2. The molecule has 1 aliphatic carbocycles. The monoisotopic (exact) mass is 547 g/mol. The Hall–Kier alpha value is -3.00. The van der Waals surface area contributed by atoms with Crippen LogP contribution >= 0.6 is 0 Å². The number of anilines is 1. The molecule has 4 rings (SSSR count). The van der Waals surface area contributed by atoms with Crippen LogP contribution in [0.15, 0.2) is 78.9 Å². The number of rotatable bonds is 10. The fourth-order valence-corrected chi connectivity index (χ4v) is 6.42. The first-order chi connectivity index (χ1) is 18.7. The summed E-state index contributed by atoms with van der Waals surface area (Å²) in [4.78, 5) is 16.2. The van der Waals surface area contributed by atoms with Gasteiger partial charge in [0.15, 0.2) is 0 Å². The molecule has 0 bridgehead atoms. The fraction of sp³-hybridized carbons (Fsp3) is 0.406. The smallest absolute Gasteiger partial charge is 0.262 e. The predicted octanol–water partition coefficient (Wildman–Crippen LogP) is 5.46. The summed E-state index contributed by atoms with van der Waals surface area (Å²) in [6.07, 6.45) is 4.97. The first-order valence-electron chi connectivity index (χ1n) is 13.7. The Morgan fingerprint density at radius 2 is 1.59 bits per heavy atom. The van der Waals surface area contributed by atoms with Crippen molar-refractivity contribution >= 4 is 22.9 Å². The van der Waals surface area contributed by atoms with Gasteiger partial charge in [0.05, 0.1) is 5.69 Å². The minimum Gasteiger partial charge on any atom is -0.352 e. The van der Waals surface area contributed by atoms with E-state index in [1.807, 2.05) is 49.4 Å². The second-order valence-corrected chi connectivity index (χ2v) is 12.0. The van der Waals surface area contributed by atoms with Gasteiger partial charge in [0.1, 0.15) is 6.04 Å². The molecule has 7 heteroatoms. The van der Waals surface area contributed by atoms with Gasteiger partial charge in [-0.25, -0.2) is 4.21 Å². The lowest BCUT2D eigenvalue weighted by Crippen LogP contribution is -2.55. The van der Waals surface area contributed by atoms with E-state index in [1.54, 1.807) is 12.1 Å². The molecular weight excluding hydrogens is 506 g/mol. The number of carbonyl (C=O) groups excluding carboxylic acids is 1. The summed E-state index contributed by atoms with van der Waals surface area (Å²) >= 11 is -2.37. The fourth-order valence-electron chi connectivity index (χ4n) is 5.73. The van der Waals surface area contributed by atoms with E-state index in [9.17, 15) is 13.6 Å². The van der Waals surface area contributed by atoms with Crippen molar-refractivity contribution in [2.24, 2.45) is 0 Å². The standard InChI is InChI=1S/C32H41N3O3S/c1-24-14-16-29(17-15-24)35(39(37)38)30(22-26-11-6-5-7-12-26)31(36)33-28-18-20-32(21-19-28,34(3)4)23-27-13-9-8-10-25(27)2/h5-17,28,30H,18-23H2,1-4H3,(H,33,36)(H,37,38). The summed E-state index contributed by atoms with van der Waals surface area (Å²) in [5.74, 6) is -0.219. The van der Waals surface area contributed by atoms with Crippen molar-refractivity contribution in [3.8, 4) is 0 Å². The summed E-state index contributed by atoms with van der Waals surface area (Å²) in [5, 5.41) is 3.26. The number of amides is 1. The van der Waals surface area contributed by atoms with E-state index in [4.69, 9.17) is 0 Å². The van der Waals surface area contributed by atoms with E-state index >= 15 is 0 Å². The predicted molar refractivity (Wildman–Crippen MR) is 160 cm³/mol. The van der Waals surface area contributed by atoms with Crippen molar-refractivity contribution in [3.63, 3.8) is 0 Å². The molecule has 2 atom stereocenters. The van der Waals surface area contributed by atoms with Gasteiger partial charge in [-0.05, 0) is 88.9 Å². The quantitative estimate of drug-likeness (QED) is 0.331. The number of hydrogen-bond donors (Lipinski definition) is 2. The normalized spacial score (nSPS) is 20.8. The summed E-state index contributed by atoms with van der Waals surface area (Å²) in [5.41, 5.74) is 5.25. The molecule has 0 saturated heterocycles. The van der Waals surface area contributed by atoms with Crippen LogP contribution in [0.4, 0.5) is 5.69 Å². The SMILES string of the molecule is Cc1ccc(N(C(Cc2ccccc2)C(=O)NC2CCC(Cc3ccccc3C)(N(C)C)CC2)S(=O)O)cc1. The minimum absolute atomic E-state index is 0.0210. The second-order valence-electron chi connectivity index (χ2n) is 11.1. The molecule has 1 fully saturated rings. The van der Waals surface area contributed by atoms with Crippen molar-refractivity contribution in [2.75, 3.05) is 18.4 Å². The van der Waals surface area contributed by atoms with E-state index < -0.39 is 17.3 Å². The maximum atomic E-state index is 13.8. The minimum atomic E-state index is -2.37. The Morgan fingerprint density at radius 1 is 0.974 bits per heavy atom. The van der Waals surface area contributed by atoms with E-state index in [-0.39, 0.29) is 17.5 Å². The lowest BCUT2D eigenvalue weighted by atomic mass is 9.74. The highest BCUT2D eigenvalue weighted by Gasteiger charge is 2.39. The van der Waals surface area contributed by atoms with Gasteiger partial charge in [-0.3, -0.25) is 13.7 Å². The molecule has 0 spiro atoms. The van der Waals surface area contributed by atoms with Crippen LogP contribution in [-0.2, 0) is 28.9 Å². The number of aryl methyl sites for hydroxylation is 2. The Balaban J connectivity index is 1.52. The molecule has 2 N–H and O–H groups in total. The van der Waals surface area contributed by atoms with Gasteiger partial charge >= 0.3 is 0 Å². The zero-order valence-corrected chi connectivity index (χ0v) is 24.3.